The van der Waals surface area contributed by atoms with Crippen molar-refractivity contribution in [3.05, 3.63) is 101 Å². The number of para-hydroxylation sites is 1. The zero-order valence-electron chi connectivity index (χ0n) is 18.5. The van der Waals surface area contributed by atoms with Gasteiger partial charge in [-0.2, -0.15) is 5.26 Å². The lowest BCUT2D eigenvalue weighted by molar-refractivity contribution is -0.151. The van der Waals surface area contributed by atoms with Gasteiger partial charge in [-0.05, 0) is 42.3 Å². The molecule has 0 heterocycles. The summed E-state index contributed by atoms with van der Waals surface area (Å²) < 4.78 is 52.3. The minimum absolute atomic E-state index is 0.109. The Hall–Kier alpha value is -4.05. The lowest BCUT2D eigenvalue weighted by Crippen LogP contribution is -2.22. The zero-order chi connectivity index (χ0) is 24.7. The van der Waals surface area contributed by atoms with Gasteiger partial charge in [-0.3, -0.25) is 4.79 Å². The number of benzene rings is 3. The van der Waals surface area contributed by atoms with Crippen LogP contribution in [0.15, 0.2) is 72.8 Å². The summed E-state index contributed by atoms with van der Waals surface area (Å²) in [6.07, 6.45) is 1.50. The number of esters is 1. The second-order valence-electron chi connectivity index (χ2n) is 7.85. The van der Waals surface area contributed by atoms with Crippen molar-refractivity contribution in [3.8, 4) is 17.6 Å². The minimum Gasteiger partial charge on any atom is -0.454 e. The molecule has 0 radical (unpaired) electrons. The standard InChI is InChI=1S/C27H22F3NO3/c1-17(2)22(12-9-18-8-11-20(28)15-24(18)30)27(32)34-26(16-31)19-10-13-23(29)25(14-19)33-21-6-4-3-5-7-21/h3-15,17,22,26H,1-2H3. The van der Waals surface area contributed by atoms with Crippen molar-refractivity contribution in [2.75, 3.05) is 0 Å². The lowest BCUT2D eigenvalue weighted by Gasteiger charge is -2.19. The van der Waals surface area contributed by atoms with Crippen molar-refractivity contribution in [2.45, 2.75) is 20.0 Å². The highest BCUT2D eigenvalue weighted by atomic mass is 19.1. The van der Waals surface area contributed by atoms with Crippen LogP contribution in [0.25, 0.3) is 6.08 Å². The summed E-state index contributed by atoms with van der Waals surface area (Å²) in [5.41, 5.74) is 0.345. The maximum Gasteiger partial charge on any atom is 0.314 e. The zero-order valence-corrected chi connectivity index (χ0v) is 18.5. The van der Waals surface area contributed by atoms with Crippen LogP contribution in [-0.2, 0) is 9.53 Å². The van der Waals surface area contributed by atoms with Gasteiger partial charge in [0.05, 0.1) is 5.92 Å². The Balaban J connectivity index is 1.79. The minimum atomic E-state index is -1.32. The maximum absolute atomic E-state index is 14.3. The molecule has 7 heteroatoms. The van der Waals surface area contributed by atoms with Crippen molar-refractivity contribution >= 4 is 12.0 Å². The SMILES string of the molecule is CC(C)C(C=Cc1ccc(F)cc1F)C(=O)OC(C#N)c1ccc(F)c(Oc2ccccc2)c1. The summed E-state index contributed by atoms with van der Waals surface area (Å²) in [7, 11) is 0. The molecular formula is C27H22F3NO3. The maximum atomic E-state index is 14.3. The lowest BCUT2D eigenvalue weighted by atomic mass is 9.94. The van der Waals surface area contributed by atoms with Crippen molar-refractivity contribution in [2.24, 2.45) is 11.8 Å². The first-order valence-corrected chi connectivity index (χ1v) is 10.5. The van der Waals surface area contributed by atoms with Gasteiger partial charge in [0.15, 0.2) is 11.6 Å². The van der Waals surface area contributed by atoms with Crippen molar-refractivity contribution in [3.63, 3.8) is 0 Å². The third-order valence-corrected chi connectivity index (χ3v) is 5.02. The van der Waals surface area contributed by atoms with E-state index in [1.165, 1.54) is 30.4 Å². The summed E-state index contributed by atoms with van der Waals surface area (Å²) in [5, 5.41) is 9.60. The molecule has 2 unspecified atom stereocenters. The van der Waals surface area contributed by atoms with Crippen LogP contribution < -0.4 is 4.74 Å². The number of halogens is 3. The summed E-state index contributed by atoms with van der Waals surface area (Å²) in [5.74, 6) is -3.58. The van der Waals surface area contributed by atoms with Crippen LogP contribution in [0, 0.1) is 40.6 Å². The molecule has 0 aliphatic carbocycles. The number of nitrogens with zero attached hydrogens (tertiary/aromatic N) is 1. The van der Waals surface area contributed by atoms with Gasteiger partial charge >= 0.3 is 5.97 Å². The van der Waals surface area contributed by atoms with Crippen LogP contribution in [0.4, 0.5) is 13.2 Å². The van der Waals surface area contributed by atoms with E-state index in [-0.39, 0.29) is 22.8 Å². The van der Waals surface area contributed by atoms with E-state index in [0.29, 0.717) is 5.75 Å². The number of hydrogen-bond acceptors (Lipinski definition) is 4. The molecule has 2 atom stereocenters. The van der Waals surface area contributed by atoms with Gasteiger partial charge in [0, 0.05) is 17.2 Å². The highest BCUT2D eigenvalue weighted by Crippen LogP contribution is 2.30. The summed E-state index contributed by atoms with van der Waals surface area (Å²) in [4.78, 5) is 12.8. The van der Waals surface area contributed by atoms with E-state index in [9.17, 15) is 23.2 Å². The Morgan fingerprint density at radius 2 is 1.71 bits per heavy atom. The van der Waals surface area contributed by atoms with E-state index in [1.54, 1.807) is 44.2 Å². The normalized spacial score (nSPS) is 12.9. The van der Waals surface area contributed by atoms with E-state index in [1.807, 2.05) is 6.07 Å². The molecule has 0 aliphatic heterocycles. The predicted molar refractivity (Wildman–Crippen MR) is 121 cm³/mol. The fourth-order valence-corrected chi connectivity index (χ4v) is 3.16. The van der Waals surface area contributed by atoms with Crippen LogP contribution in [-0.4, -0.2) is 5.97 Å². The van der Waals surface area contributed by atoms with Crippen molar-refractivity contribution in [1.82, 2.24) is 0 Å². The van der Waals surface area contributed by atoms with Crippen molar-refractivity contribution < 1.29 is 27.4 Å². The first-order valence-electron chi connectivity index (χ1n) is 10.5. The summed E-state index contributed by atoms with van der Waals surface area (Å²) in [6, 6.07) is 17.3. The van der Waals surface area contributed by atoms with Gasteiger partial charge in [-0.25, -0.2) is 13.2 Å². The average molecular weight is 465 g/mol. The molecule has 3 aromatic carbocycles. The smallest absolute Gasteiger partial charge is 0.314 e. The van der Waals surface area contributed by atoms with Crippen LogP contribution in [0.5, 0.6) is 11.5 Å². The molecule has 4 nitrogen and oxygen atoms in total. The number of nitriles is 1. The van der Waals surface area contributed by atoms with Crippen molar-refractivity contribution in [1.29, 1.82) is 5.26 Å². The highest BCUT2D eigenvalue weighted by molar-refractivity contribution is 5.76. The van der Waals surface area contributed by atoms with Crippen LogP contribution in [0.3, 0.4) is 0 Å². The molecule has 0 aromatic heterocycles. The number of ether oxygens (including phenoxy) is 2. The summed E-state index contributed by atoms with van der Waals surface area (Å²) >= 11 is 0. The van der Waals surface area contributed by atoms with Gasteiger partial charge in [0.25, 0.3) is 0 Å². The molecule has 0 N–H and O–H groups in total. The molecule has 0 aliphatic rings. The molecule has 0 spiro atoms. The van der Waals surface area contributed by atoms with E-state index < -0.39 is 35.4 Å². The third kappa shape index (κ3) is 6.26. The second kappa shape index (κ2) is 11.2. The number of carbonyl (C=O) groups excluding carboxylic acids is 1. The van der Waals surface area contributed by atoms with Gasteiger partial charge in [0.1, 0.15) is 23.5 Å². The van der Waals surface area contributed by atoms with Crippen LogP contribution >= 0.6 is 0 Å². The second-order valence-corrected chi connectivity index (χ2v) is 7.85. The van der Waals surface area contributed by atoms with Gasteiger partial charge < -0.3 is 9.47 Å². The Labute approximate surface area is 195 Å². The first-order chi connectivity index (χ1) is 16.3. The number of carbonyl (C=O) groups is 1. The Bertz CT molecular complexity index is 1220. The Kier molecular flexibility index (Phi) is 8.10. The fraction of sp³-hybridized carbons (Fsp3) is 0.185. The first kappa shape index (κ1) is 24.6. The molecule has 0 fully saturated rings. The highest BCUT2D eigenvalue weighted by Gasteiger charge is 2.26. The van der Waals surface area contributed by atoms with E-state index in [2.05, 4.69) is 0 Å². The quantitative estimate of drug-likeness (QED) is 0.337. The topological polar surface area (TPSA) is 59.3 Å². The van der Waals surface area contributed by atoms with E-state index >= 15 is 0 Å². The molecule has 3 rings (SSSR count). The largest absolute Gasteiger partial charge is 0.454 e. The molecular weight excluding hydrogens is 443 g/mol. The Morgan fingerprint density at radius 1 is 0.971 bits per heavy atom. The average Bonchev–Trinajstić information content (AvgIpc) is 2.81. The molecule has 0 bridgehead atoms. The Morgan fingerprint density at radius 3 is 2.35 bits per heavy atom. The molecule has 34 heavy (non-hydrogen) atoms. The molecule has 3 aromatic rings. The number of hydrogen-bond donors (Lipinski definition) is 0. The van der Waals surface area contributed by atoms with Gasteiger partial charge in [-0.1, -0.05) is 50.3 Å². The molecule has 0 amide bonds. The van der Waals surface area contributed by atoms with E-state index in [0.717, 1.165) is 18.2 Å². The molecule has 0 saturated heterocycles. The van der Waals surface area contributed by atoms with Crippen LogP contribution in [0.1, 0.15) is 31.1 Å². The molecule has 0 saturated carbocycles. The monoisotopic (exact) mass is 465 g/mol. The van der Waals surface area contributed by atoms with E-state index in [4.69, 9.17) is 9.47 Å². The predicted octanol–water partition coefficient (Wildman–Crippen LogP) is 6.99. The number of rotatable bonds is 8. The third-order valence-electron chi connectivity index (χ3n) is 5.02. The van der Waals surface area contributed by atoms with Crippen LogP contribution in [0.2, 0.25) is 0 Å². The fourth-order valence-electron chi connectivity index (χ4n) is 3.16. The molecule has 174 valence electrons. The summed E-state index contributed by atoms with van der Waals surface area (Å²) in [6.45, 7) is 3.53. The van der Waals surface area contributed by atoms with Gasteiger partial charge in [0.2, 0.25) is 6.10 Å². The van der Waals surface area contributed by atoms with Gasteiger partial charge in [-0.15, -0.1) is 0 Å².